The molecular formula is C13H13F3N4. The molecule has 1 heterocycles. The van der Waals surface area contributed by atoms with Crippen LogP contribution in [0.1, 0.15) is 18.9 Å². The molecule has 0 spiro atoms. The quantitative estimate of drug-likeness (QED) is 0.904. The molecule has 20 heavy (non-hydrogen) atoms. The summed E-state index contributed by atoms with van der Waals surface area (Å²) in [7, 11) is 0. The van der Waals surface area contributed by atoms with Gasteiger partial charge in [-0.15, -0.1) is 0 Å². The Morgan fingerprint density at radius 2 is 1.80 bits per heavy atom. The topological polar surface area (TPSA) is 63.8 Å². The van der Waals surface area contributed by atoms with Crippen molar-refractivity contribution >= 4 is 17.3 Å². The molecule has 0 aliphatic rings. The van der Waals surface area contributed by atoms with Crippen molar-refractivity contribution in [2.75, 3.05) is 11.1 Å². The number of hydrogen-bond acceptors (Lipinski definition) is 4. The third kappa shape index (κ3) is 2.81. The zero-order valence-corrected chi connectivity index (χ0v) is 10.8. The summed E-state index contributed by atoms with van der Waals surface area (Å²) in [6.45, 7) is 1.93. The van der Waals surface area contributed by atoms with Crippen molar-refractivity contribution in [2.24, 2.45) is 0 Å². The van der Waals surface area contributed by atoms with Gasteiger partial charge >= 0.3 is 0 Å². The van der Waals surface area contributed by atoms with Crippen LogP contribution >= 0.6 is 0 Å². The molecule has 4 nitrogen and oxygen atoms in total. The molecule has 0 bridgehead atoms. The van der Waals surface area contributed by atoms with Crippen molar-refractivity contribution in [3.63, 3.8) is 0 Å². The molecular weight excluding hydrogens is 269 g/mol. The van der Waals surface area contributed by atoms with Gasteiger partial charge in [-0.3, -0.25) is 0 Å². The molecule has 1 aromatic carbocycles. The molecule has 0 radical (unpaired) electrons. The zero-order valence-electron chi connectivity index (χ0n) is 10.8. The Balaban J connectivity index is 2.43. The van der Waals surface area contributed by atoms with Gasteiger partial charge in [0.25, 0.3) is 0 Å². The highest BCUT2D eigenvalue weighted by atomic mass is 19.1. The fraction of sp³-hybridized carbons (Fsp3) is 0.231. The van der Waals surface area contributed by atoms with Gasteiger partial charge in [-0.25, -0.2) is 23.1 Å². The standard InChI is InChI=1S/C13H13F3N4/c1-2-3-8-12(17)18-6-19-13(8)20-11-9(15)4-7(14)5-10(11)16/h4-6H,2-3H2,1H3,(H3,17,18,19,20). The minimum atomic E-state index is -1.04. The molecule has 0 unspecified atom stereocenters. The van der Waals surface area contributed by atoms with Crippen molar-refractivity contribution in [3.05, 3.63) is 41.5 Å². The van der Waals surface area contributed by atoms with Crippen LogP contribution in [0, 0.1) is 17.5 Å². The van der Waals surface area contributed by atoms with E-state index in [0.29, 0.717) is 24.1 Å². The fourth-order valence-corrected chi connectivity index (χ4v) is 1.81. The van der Waals surface area contributed by atoms with E-state index in [9.17, 15) is 13.2 Å². The Labute approximate surface area is 113 Å². The maximum atomic E-state index is 13.6. The first-order valence-corrected chi connectivity index (χ1v) is 6.03. The van der Waals surface area contributed by atoms with Crippen LogP contribution in [0.4, 0.5) is 30.5 Å². The second-order valence-electron chi connectivity index (χ2n) is 4.21. The Hall–Kier alpha value is -2.31. The predicted molar refractivity (Wildman–Crippen MR) is 70.0 cm³/mol. The maximum absolute atomic E-state index is 13.6. The third-order valence-electron chi connectivity index (χ3n) is 2.73. The number of nitrogens with two attached hydrogens (primary N) is 1. The smallest absolute Gasteiger partial charge is 0.152 e. The highest BCUT2D eigenvalue weighted by molar-refractivity contribution is 5.64. The number of halogens is 3. The molecule has 0 atom stereocenters. The van der Waals surface area contributed by atoms with Gasteiger partial charge in [0.15, 0.2) is 11.6 Å². The van der Waals surface area contributed by atoms with Gasteiger partial charge in [0, 0.05) is 17.7 Å². The van der Waals surface area contributed by atoms with Gasteiger partial charge in [-0.2, -0.15) is 0 Å². The summed E-state index contributed by atoms with van der Waals surface area (Å²) in [4.78, 5) is 7.77. The second kappa shape index (κ2) is 5.77. The summed E-state index contributed by atoms with van der Waals surface area (Å²) in [5.41, 5.74) is 5.82. The number of benzene rings is 1. The number of rotatable bonds is 4. The number of nitrogens with one attached hydrogen (secondary N) is 1. The van der Waals surface area contributed by atoms with Crippen molar-refractivity contribution in [1.82, 2.24) is 9.97 Å². The van der Waals surface area contributed by atoms with E-state index in [2.05, 4.69) is 15.3 Å². The van der Waals surface area contributed by atoms with Gasteiger partial charge in [0.2, 0.25) is 0 Å². The maximum Gasteiger partial charge on any atom is 0.152 e. The molecule has 0 aliphatic carbocycles. The first-order chi connectivity index (χ1) is 9.52. The summed E-state index contributed by atoms with van der Waals surface area (Å²) < 4.78 is 40.1. The summed E-state index contributed by atoms with van der Waals surface area (Å²) >= 11 is 0. The normalized spacial score (nSPS) is 10.6. The van der Waals surface area contributed by atoms with Gasteiger partial charge in [0.1, 0.15) is 29.5 Å². The van der Waals surface area contributed by atoms with Gasteiger partial charge in [-0.1, -0.05) is 13.3 Å². The van der Waals surface area contributed by atoms with Crippen molar-refractivity contribution in [2.45, 2.75) is 19.8 Å². The summed E-state index contributed by atoms with van der Waals surface area (Å²) in [6, 6.07) is 1.19. The van der Waals surface area contributed by atoms with E-state index in [1.165, 1.54) is 6.33 Å². The lowest BCUT2D eigenvalue weighted by Gasteiger charge is -2.13. The molecule has 0 fully saturated rings. The van der Waals surface area contributed by atoms with E-state index >= 15 is 0 Å². The summed E-state index contributed by atoms with van der Waals surface area (Å²) in [5.74, 6) is -2.61. The Bertz CT molecular complexity index is 608. The van der Waals surface area contributed by atoms with Crippen LogP contribution in [0.3, 0.4) is 0 Å². The van der Waals surface area contributed by atoms with Crippen molar-refractivity contribution in [1.29, 1.82) is 0 Å². The molecule has 0 aliphatic heterocycles. The Morgan fingerprint density at radius 3 is 2.40 bits per heavy atom. The van der Waals surface area contributed by atoms with Gasteiger partial charge in [0.05, 0.1) is 0 Å². The molecule has 0 saturated carbocycles. The largest absolute Gasteiger partial charge is 0.383 e. The lowest BCUT2D eigenvalue weighted by atomic mass is 10.1. The second-order valence-corrected chi connectivity index (χ2v) is 4.21. The number of nitrogens with zero attached hydrogens (tertiary/aromatic N) is 2. The molecule has 0 saturated heterocycles. The van der Waals surface area contributed by atoms with Crippen molar-refractivity contribution in [3.8, 4) is 0 Å². The monoisotopic (exact) mass is 282 g/mol. The van der Waals surface area contributed by atoms with Crippen LogP contribution in [0.5, 0.6) is 0 Å². The average Bonchev–Trinajstić information content (AvgIpc) is 2.37. The lowest BCUT2D eigenvalue weighted by molar-refractivity contribution is 0.548. The number of nitrogen functional groups attached to an aromatic ring is 1. The number of aromatic nitrogens is 2. The van der Waals surface area contributed by atoms with E-state index in [4.69, 9.17) is 5.73 Å². The molecule has 2 rings (SSSR count). The fourth-order valence-electron chi connectivity index (χ4n) is 1.81. The average molecular weight is 282 g/mol. The minimum Gasteiger partial charge on any atom is -0.383 e. The molecule has 0 amide bonds. The highest BCUT2D eigenvalue weighted by Crippen LogP contribution is 2.27. The molecule has 2 aromatic rings. The Morgan fingerprint density at radius 1 is 1.15 bits per heavy atom. The summed E-state index contributed by atoms with van der Waals surface area (Å²) in [5, 5.41) is 2.51. The van der Waals surface area contributed by atoms with Crippen LogP contribution in [0.2, 0.25) is 0 Å². The van der Waals surface area contributed by atoms with Gasteiger partial charge < -0.3 is 11.1 Å². The number of hydrogen-bond donors (Lipinski definition) is 2. The third-order valence-corrected chi connectivity index (χ3v) is 2.73. The number of anilines is 3. The van der Waals surface area contributed by atoms with Gasteiger partial charge in [-0.05, 0) is 6.42 Å². The van der Waals surface area contributed by atoms with E-state index in [-0.39, 0.29) is 11.6 Å². The van der Waals surface area contributed by atoms with E-state index in [1.54, 1.807) is 0 Å². The highest BCUT2D eigenvalue weighted by Gasteiger charge is 2.15. The van der Waals surface area contributed by atoms with Crippen molar-refractivity contribution < 1.29 is 13.2 Å². The van der Waals surface area contributed by atoms with Crippen LogP contribution in [-0.4, -0.2) is 9.97 Å². The van der Waals surface area contributed by atoms with E-state index < -0.39 is 23.1 Å². The van der Waals surface area contributed by atoms with E-state index in [0.717, 1.165) is 6.42 Å². The Kier molecular flexibility index (Phi) is 4.07. The molecule has 7 heteroatoms. The first kappa shape index (κ1) is 14.1. The zero-order chi connectivity index (χ0) is 14.7. The molecule has 1 aromatic heterocycles. The summed E-state index contributed by atoms with van der Waals surface area (Å²) in [6.07, 6.45) is 2.51. The van der Waals surface area contributed by atoms with Crippen LogP contribution in [0.25, 0.3) is 0 Å². The SMILES string of the molecule is CCCc1c(N)ncnc1Nc1c(F)cc(F)cc1F. The lowest BCUT2D eigenvalue weighted by Crippen LogP contribution is -2.07. The van der Waals surface area contributed by atoms with E-state index in [1.807, 2.05) is 6.92 Å². The molecule has 106 valence electrons. The van der Waals surface area contributed by atoms with Crippen LogP contribution in [0.15, 0.2) is 18.5 Å². The van der Waals surface area contributed by atoms with Crippen LogP contribution < -0.4 is 11.1 Å². The first-order valence-electron chi connectivity index (χ1n) is 6.03. The minimum absolute atomic E-state index is 0.212. The molecule has 3 N–H and O–H groups in total. The predicted octanol–water partition coefficient (Wildman–Crippen LogP) is 3.17. The van der Waals surface area contributed by atoms with Crippen LogP contribution in [-0.2, 0) is 6.42 Å².